The van der Waals surface area contributed by atoms with Gasteiger partial charge in [0.1, 0.15) is 5.84 Å². The molecule has 0 saturated heterocycles. The molecule has 1 aromatic heterocycles. The number of carbonyl (C=O) groups excluding carboxylic acids is 2. The lowest BCUT2D eigenvalue weighted by atomic mass is 9.83. The van der Waals surface area contributed by atoms with Gasteiger partial charge >= 0.3 is 5.97 Å². The van der Waals surface area contributed by atoms with E-state index in [4.69, 9.17) is 15.9 Å². The molecule has 1 unspecified atom stereocenters. The normalized spacial score (nSPS) is 19.1. The van der Waals surface area contributed by atoms with Crippen LogP contribution in [0.3, 0.4) is 0 Å². The van der Waals surface area contributed by atoms with Crippen LogP contribution in [-0.2, 0) is 20.7 Å². The van der Waals surface area contributed by atoms with Gasteiger partial charge in [-0.2, -0.15) is 0 Å². The van der Waals surface area contributed by atoms with Crippen LogP contribution in [0.2, 0.25) is 0 Å². The Kier molecular flexibility index (Phi) is 6.77. The number of hydrogen-bond donors (Lipinski definition) is 4. The van der Waals surface area contributed by atoms with Gasteiger partial charge < -0.3 is 20.8 Å². The van der Waals surface area contributed by atoms with Crippen LogP contribution in [-0.4, -0.2) is 35.8 Å². The highest BCUT2D eigenvalue weighted by Gasteiger charge is 2.35. The quantitative estimate of drug-likeness (QED) is 0.252. The molecule has 3 aromatic rings. The number of aromatic nitrogens is 1. The number of esters is 1. The highest BCUT2D eigenvalue weighted by atomic mass is 16.5. The molecule has 7 nitrogen and oxygen atoms in total. The molecule has 1 saturated carbocycles. The largest absolute Gasteiger partial charge is 0.469 e. The Hall–Kier alpha value is -3.61. The summed E-state index contributed by atoms with van der Waals surface area (Å²) in [5, 5.41) is 11.8. The number of rotatable bonds is 7. The third kappa shape index (κ3) is 4.92. The lowest BCUT2D eigenvalue weighted by Crippen LogP contribution is -2.47. The first-order chi connectivity index (χ1) is 16.0. The molecule has 1 heterocycles. The molecular formula is C26H30N4O3. The molecule has 3 atom stereocenters. The molecule has 1 fully saturated rings. The van der Waals surface area contributed by atoms with Gasteiger partial charge in [0.05, 0.1) is 18.9 Å². The first-order valence-corrected chi connectivity index (χ1v) is 11.4. The minimum atomic E-state index is -0.469. The number of nitrogens with one attached hydrogen (secondary N) is 3. The monoisotopic (exact) mass is 446 g/mol. The molecule has 5 N–H and O–H groups in total. The molecule has 172 valence electrons. The van der Waals surface area contributed by atoms with Gasteiger partial charge in [-0.25, -0.2) is 0 Å². The highest BCUT2D eigenvalue weighted by molar-refractivity contribution is 6.00. The molecule has 1 aliphatic rings. The van der Waals surface area contributed by atoms with Crippen LogP contribution in [0, 0.1) is 11.3 Å². The molecule has 0 spiro atoms. The molecule has 4 rings (SSSR count). The number of nitrogens with two attached hydrogens (primary N) is 1. The lowest BCUT2D eigenvalue weighted by Gasteiger charge is -2.31. The Bertz CT molecular complexity index is 1150. The Morgan fingerprint density at radius 3 is 2.67 bits per heavy atom. The van der Waals surface area contributed by atoms with Crippen LogP contribution >= 0.6 is 0 Å². The van der Waals surface area contributed by atoms with Crippen molar-refractivity contribution in [2.45, 2.75) is 44.1 Å². The maximum Gasteiger partial charge on any atom is 0.310 e. The zero-order valence-corrected chi connectivity index (χ0v) is 18.8. The average molecular weight is 447 g/mol. The number of carbonyl (C=O) groups is 2. The maximum atomic E-state index is 13.7. The van der Waals surface area contributed by atoms with Gasteiger partial charge in [0.15, 0.2) is 0 Å². The Balaban J connectivity index is 1.69. The predicted octanol–water partition coefficient (Wildman–Crippen LogP) is 3.63. The van der Waals surface area contributed by atoms with Crippen molar-refractivity contribution in [3.05, 3.63) is 71.4 Å². The fraction of sp³-hybridized carbons (Fsp3) is 0.346. The van der Waals surface area contributed by atoms with Gasteiger partial charge in [0, 0.05) is 28.7 Å². The molecule has 1 aliphatic carbocycles. The van der Waals surface area contributed by atoms with E-state index in [1.807, 2.05) is 48.7 Å². The summed E-state index contributed by atoms with van der Waals surface area (Å²) >= 11 is 0. The smallest absolute Gasteiger partial charge is 0.310 e. The number of aromatic amines is 1. The lowest BCUT2D eigenvalue weighted by molar-refractivity contribution is -0.147. The van der Waals surface area contributed by atoms with Crippen LogP contribution in [0.4, 0.5) is 0 Å². The summed E-state index contributed by atoms with van der Waals surface area (Å²) < 4.78 is 5.00. The van der Waals surface area contributed by atoms with Crippen molar-refractivity contribution in [2.24, 2.45) is 11.7 Å². The minimum Gasteiger partial charge on any atom is -0.469 e. The van der Waals surface area contributed by atoms with Gasteiger partial charge in [-0.15, -0.1) is 0 Å². The fourth-order valence-electron chi connectivity index (χ4n) is 4.81. The molecule has 0 radical (unpaired) electrons. The van der Waals surface area contributed by atoms with Crippen LogP contribution < -0.4 is 11.1 Å². The van der Waals surface area contributed by atoms with E-state index in [2.05, 4.69) is 10.3 Å². The number of H-pyrrole nitrogens is 1. The number of benzene rings is 2. The molecule has 2 aromatic carbocycles. The highest BCUT2D eigenvalue weighted by Crippen LogP contribution is 2.31. The Morgan fingerprint density at radius 1 is 1.18 bits per heavy atom. The number of hydrogen-bond acceptors (Lipinski definition) is 4. The van der Waals surface area contributed by atoms with E-state index in [9.17, 15) is 9.59 Å². The molecular weight excluding hydrogens is 416 g/mol. The van der Waals surface area contributed by atoms with E-state index >= 15 is 0 Å². The van der Waals surface area contributed by atoms with E-state index in [0.717, 1.165) is 47.7 Å². The van der Waals surface area contributed by atoms with E-state index < -0.39 is 5.92 Å². The van der Waals surface area contributed by atoms with E-state index in [1.165, 1.54) is 7.11 Å². The maximum absolute atomic E-state index is 13.7. The van der Waals surface area contributed by atoms with Crippen molar-refractivity contribution in [2.75, 3.05) is 7.11 Å². The molecule has 7 heteroatoms. The summed E-state index contributed by atoms with van der Waals surface area (Å²) in [6.07, 6.45) is 5.77. The van der Waals surface area contributed by atoms with Crippen molar-refractivity contribution < 1.29 is 14.3 Å². The molecule has 0 aliphatic heterocycles. The van der Waals surface area contributed by atoms with Gasteiger partial charge in [0.25, 0.3) is 0 Å². The zero-order valence-electron chi connectivity index (χ0n) is 18.8. The summed E-state index contributed by atoms with van der Waals surface area (Å²) in [7, 11) is 1.40. The van der Waals surface area contributed by atoms with Crippen molar-refractivity contribution in [1.82, 2.24) is 10.3 Å². The van der Waals surface area contributed by atoms with E-state index in [0.29, 0.717) is 12.0 Å². The number of amides is 1. The third-order valence-corrected chi connectivity index (χ3v) is 6.60. The molecule has 33 heavy (non-hydrogen) atoms. The van der Waals surface area contributed by atoms with Crippen molar-refractivity contribution >= 4 is 28.6 Å². The van der Waals surface area contributed by atoms with Crippen LogP contribution in [0.15, 0.2) is 54.7 Å². The van der Waals surface area contributed by atoms with Gasteiger partial charge in [-0.05, 0) is 48.6 Å². The van der Waals surface area contributed by atoms with E-state index in [-0.39, 0.29) is 29.7 Å². The summed E-state index contributed by atoms with van der Waals surface area (Å²) in [5.74, 6) is -1.19. The molecule has 1 amide bonds. The van der Waals surface area contributed by atoms with Gasteiger partial charge in [-0.1, -0.05) is 43.2 Å². The van der Waals surface area contributed by atoms with E-state index in [1.54, 1.807) is 6.07 Å². The van der Waals surface area contributed by atoms with Crippen LogP contribution in [0.5, 0.6) is 0 Å². The number of amidine groups is 1. The summed E-state index contributed by atoms with van der Waals surface area (Å²) in [6.45, 7) is 0. The number of methoxy groups -OCH3 is 1. The number of ether oxygens (including phenoxy) is 1. The minimum absolute atomic E-state index is 0.0174. The Labute approximate surface area is 193 Å². The van der Waals surface area contributed by atoms with Crippen molar-refractivity contribution in [3.8, 4) is 0 Å². The zero-order chi connectivity index (χ0) is 23.4. The second-order valence-corrected chi connectivity index (χ2v) is 8.69. The topological polar surface area (TPSA) is 121 Å². The second-order valence-electron chi connectivity index (χ2n) is 8.69. The molecule has 0 bridgehead atoms. The predicted molar refractivity (Wildman–Crippen MR) is 128 cm³/mol. The summed E-state index contributed by atoms with van der Waals surface area (Å²) in [4.78, 5) is 29.3. The Morgan fingerprint density at radius 2 is 1.94 bits per heavy atom. The average Bonchev–Trinajstić information content (AvgIpc) is 3.26. The first-order valence-electron chi connectivity index (χ1n) is 11.4. The summed E-state index contributed by atoms with van der Waals surface area (Å²) in [6, 6.07) is 15.2. The van der Waals surface area contributed by atoms with Gasteiger partial charge in [0.2, 0.25) is 5.91 Å². The SMILES string of the molecule is COC(=O)[C@@H]1CCCC[C@@H]1NC(=O)C(Cc1ccccc1)c1c[nH]c2ccc(C(=N)N)cc12. The standard InChI is InChI=1S/C26H30N4O3/c1-33-26(32)18-9-5-6-10-23(18)30-25(31)20(13-16-7-3-2-4-8-16)21-15-29-22-12-11-17(24(27)28)14-19(21)22/h2-4,7-8,11-12,14-15,18,20,23,29H,5-6,9-10,13H2,1H3,(H3,27,28)(H,30,31)/t18-,20?,23+/m1/s1. The second kappa shape index (κ2) is 9.90. The number of nitrogen functional groups attached to an aromatic ring is 1. The summed E-state index contributed by atoms with van der Waals surface area (Å²) in [5.41, 5.74) is 9.10. The third-order valence-electron chi connectivity index (χ3n) is 6.60. The fourth-order valence-corrected chi connectivity index (χ4v) is 4.81. The van der Waals surface area contributed by atoms with Crippen molar-refractivity contribution in [3.63, 3.8) is 0 Å². The van der Waals surface area contributed by atoms with Crippen LogP contribution in [0.25, 0.3) is 10.9 Å². The van der Waals surface area contributed by atoms with Gasteiger partial charge in [-0.3, -0.25) is 15.0 Å². The van der Waals surface area contributed by atoms with Crippen molar-refractivity contribution in [1.29, 1.82) is 5.41 Å². The first kappa shape index (κ1) is 22.6. The van der Waals surface area contributed by atoms with Crippen LogP contribution in [0.1, 0.15) is 48.3 Å². The number of fused-ring (bicyclic) bond motifs is 1.